The number of pyridine rings is 1. The van der Waals surface area contributed by atoms with Gasteiger partial charge in [0.05, 0.1) is 10.5 Å². The number of H-pyrrole nitrogens is 1. The van der Waals surface area contributed by atoms with Gasteiger partial charge < -0.3 is 5.32 Å². The Kier molecular flexibility index (Phi) is 4.30. The third kappa shape index (κ3) is 3.19. The SMILES string of the molecule is CCC(C)NC(=O)c1n[nH]c2ccc(-c3cncc(Cl)c3)cc12. The van der Waals surface area contributed by atoms with E-state index < -0.39 is 0 Å². The predicted molar refractivity (Wildman–Crippen MR) is 91.6 cm³/mol. The first kappa shape index (κ1) is 15.5. The van der Waals surface area contributed by atoms with Crippen molar-refractivity contribution in [2.75, 3.05) is 0 Å². The fourth-order valence-electron chi connectivity index (χ4n) is 2.33. The standard InChI is InChI=1S/C17H17ClN4O/c1-3-10(2)20-17(23)16-14-7-11(4-5-15(14)21-22-16)12-6-13(18)9-19-8-12/h4-10H,3H2,1-2H3,(H,20,23)(H,21,22). The first-order chi connectivity index (χ1) is 11.1. The predicted octanol–water partition coefficient (Wildman–Crippen LogP) is 3.81. The smallest absolute Gasteiger partial charge is 0.272 e. The Morgan fingerprint density at radius 3 is 2.87 bits per heavy atom. The van der Waals surface area contributed by atoms with E-state index >= 15 is 0 Å². The summed E-state index contributed by atoms with van der Waals surface area (Å²) in [5.41, 5.74) is 3.05. The molecule has 5 nitrogen and oxygen atoms in total. The summed E-state index contributed by atoms with van der Waals surface area (Å²) in [7, 11) is 0. The Balaban J connectivity index is 2.02. The molecule has 0 saturated carbocycles. The van der Waals surface area contributed by atoms with Crippen LogP contribution in [0.4, 0.5) is 0 Å². The summed E-state index contributed by atoms with van der Waals surface area (Å²) in [6.45, 7) is 3.99. The van der Waals surface area contributed by atoms with Gasteiger partial charge in [-0.05, 0) is 37.1 Å². The van der Waals surface area contributed by atoms with Crippen LogP contribution in [-0.2, 0) is 0 Å². The van der Waals surface area contributed by atoms with E-state index in [2.05, 4.69) is 20.5 Å². The zero-order valence-corrected chi connectivity index (χ0v) is 13.7. The summed E-state index contributed by atoms with van der Waals surface area (Å²) in [6.07, 6.45) is 4.20. The topological polar surface area (TPSA) is 70.7 Å². The maximum atomic E-state index is 12.4. The number of nitrogens with zero attached hydrogens (tertiary/aromatic N) is 2. The summed E-state index contributed by atoms with van der Waals surface area (Å²) in [5, 5.41) is 11.3. The van der Waals surface area contributed by atoms with Crippen molar-refractivity contribution in [2.45, 2.75) is 26.3 Å². The lowest BCUT2D eigenvalue weighted by molar-refractivity contribution is 0.0936. The molecule has 0 bridgehead atoms. The molecule has 1 aromatic carbocycles. The number of nitrogens with one attached hydrogen (secondary N) is 2. The van der Waals surface area contributed by atoms with Crippen LogP contribution in [0.3, 0.4) is 0 Å². The van der Waals surface area contributed by atoms with Gasteiger partial charge in [-0.25, -0.2) is 0 Å². The van der Waals surface area contributed by atoms with Gasteiger partial charge in [-0.3, -0.25) is 14.9 Å². The molecule has 2 N–H and O–H groups in total. The summed E-state index contributed by atoms with van der Waals surface area (Å²) < 4.78 is 0. The summed E-state index contributed by atoms with van der Waals surface area (Å²) in [5.74, 6) is -0.174. The lowest BCUT2D eigenvalue weighted by Crippen LogP contribution is -2.32. The monoisotopic (exact) mass is 328 g/mol. The number of carbonyl (C=O) groups is 1. The van der Waals surface area contributed by atoms with Crippen molar-refractivity contribution in [3.05, 3.63) is 47.4 Å². The van der Waals surface area contributed by atoms with E-state index in [1.165, 1.54) is 0 Å². The van der Waals surface area contributed by atoms with Gasteiger partial charge in [0, 0.05) is 29.4 Å². The molecule has 118 valence electrons. The normalized spacial score (nSPS) is 12.3. The van der Waals surface area contributed by atoms with E-state index in [0.717, 1.165) is 28.5 Å². The molecule has 0 saturated heterocycles. The summed E-state index contributed by atoms with van der Waals surface area (Å²) in [6, 6.07) is 7.73. The number of hydrogen-bond acceptors (Lipinski definition) is 3. The van der Waals surface area contributed by atoms with Crippen LogP contribution in [0.5, 0.6) is 0 Å². The molecule has 0 radical (unpaired) electrons. The molecule has 1 amide bonds. The van der Waals surface area contributed by atoms with Gasteiger partial charge in [0.2, 0.25) is 0 Å². The first-order valence-electron chi connectivity index (χ1n) is 7.48. The van der Waals surface area contributed by atoms with Crippen molar-refractivity contribution < 1.29 is 4.79 Å². The lowest BCUT2D eigenvalue weighted by atomic mass is 10.0. The van der Waals surface area contributed by atoms with Gasteiger partial charge in [-0.2, -0.15) is 5.10 Å². The second-order valence-corrected chi connectivity index (χ2v) is 5.94. The fraction of sp³-hybridized carbons (Fsp3) is 0.235. The van der Waals surface area contributed by atoms with Gasteiger partial charge >= 0.3 is 0 Å². The van der Waals surface area contributed by atoms with Crippen LogP contribution in [0.15, 0.2) is 36.7 Å². The van der Waals surface area contributed by atoms with Crippen LogP contribution in [0.25, 0.3) is 22.0 Å². The number of fused-ring (bicyclic) bond motifs is 1. The molecule has 3 aromatic rings. The van der Waals surface area contributed by atoms with Gasteiger partial charge in [0.1, 0.15) is 0 Å². The first-order valence-corrected chi connectivity index (χ1v) is 7.86. The number of amides is 1. The van der Waals surface area contributed by atoms with E-state index in [4.69, 9.17) is 11.6 Å². The minimum absolute atomic E-state index is 0.106. The molecule has 23 heavy (non-hydrogen) atoms. The number of hydrogen-bond donors (Lipinski definition) is 2. The second kappa shape index (κ2) is 6.38. The molecule has 3 rings (SSSR count). The van der Waals surface area contributed by atoms with Crippen molar-refractivity contribution in [3.63, 3.8) is 0 Å². The quantitative estimate of drug-likeness (QED) is 0.765. The molecule has 0 aliphatic heterocycles. The van der Waals surface area contributed by atoms with Crippen LogP contribution >= 0.6 is 11.6 Å². The maximum Gasteiger partial charge on any atom is 0.272 e. The Hall–Kier alpha value is -2.40. The van der Waals surface area contributed by atoms with Crippen LogP contribution in [0.2, 0.25) is 5.02 Å². The molecule has 0 aliphatic rings. The average Bonchev–Trinajstić information content (AvgIpc) is 2.97. The van der Waals surface area contributed by atoms with Gasteiger partial charge in [0.15, 0.2) is 5.69 Å². The Labute approximate surface area is 139 Å². The van der Waals surface area contributed by atoms with Crippen LogP contribution in [-0.4, -0.2) is 27.1 Å². The molecule has 0 spiro atoms. The number of benzene rings is 1. The molecule has 0 fully saturated rings. The molecule has 2 aromatic heterocycles. The van der Waals surface area contributed by atoms with E-state index in [-0.39, 0.29) is 11.9 Å². The van der Waals surface area contributed by atoms with Crippen LogP contribution < -0.4 is 5.32 Å². The highest BCUT2D eigenvalue weighted by atomic mass is 35.5. The molecular formula is C17H17ClN4O. The van der Waals surface area contributed by atoms with Gasteiger partial charge in [0.25, 0.3) is 5.91 Å². The Morgan fingerprint density at radius 2 is 2.13 bits per heavy atom. The number of rotatable bonds is 4. The zero-order valence-electron chi connectivity index (χ0n) is 12.9. The highest BCUT2D eigenvalue weighted by Gasteiger charge is 2.16. The highest BCUT2D eigenvalue weighted by Crippen LogP contribution is 2.26. The van der Waals surface area contributed by atoms with Crippen molar-refractivity contribution >= 4 is 28.4 Å². The maximum absolute atomic E-state index is 12.4. The van der Waals surface area contributed by atoms with Crippen molar-refractivity contribution in [1.82, 2.24) is 20.5 Å². The zero-order chi connectivity index (χ0) is 16.4. The summed E-state index contributed by atoms with van der Waals surface area (Å²) >= 11 is 6.00. The highest BCUT2D eigenvalue weighted by molar-refractivity contribution is 6.30. The molecule has 1 unspecified atom stereocenters. The van der Waals surface area contributed by atoms with Crippen LogP contribution in [0, 0.1) is 0 Å². The van der Waals surface area contributed by atoms with E-state index in [9.17, 15) is 4.79 Å². The van der Waals surface area contributed by atoms with Gasteiger partial charge in [-0.1, -0.05) is 24.6 Å². The fourth-order valence-corrected chi connectivity index (χ4v) is 2.50. The lowest BCUT2D eigenvalue weighted by Gasteiger charge is -2.10. The van der Waals surface area contributed by atoms with E-state index in [1.807, 2.05) is 38.1 Å². The molecule has 6 heteroatoms. The third-order valence-corrected chi connectivity index (χ3v) is 4.01. The van der Waals surface area contributed by atoms with Crippen LogP contribution in [0.1, 0.15) is 30.8 Å². The van der Waals surface area contributed by atoms with E-state index in [0.29, 0.717) is 10.7 Å². The minimum Gasteiger partial charge on any atom is -0.348 e. The second-order valence-electron chi connectivity index (χ2n) is 5.51. The molecule has 0 aliphatic carbocycles. The number of carbonyl (C=O) groups excluding carboxylic acids is 1. The Morgan fingerprint density at radius 1 is 1.30 bits per heavy atom. The van der Waals surface area contributed by atoms with E-state index in [1.54, 1.807) is 12.4 Å². The number of halogens is 1. The van der Waals surface area contributed by atoms with Crippen molar-refractivity contribution in [1.29, 1.82) is 0 Å². The molecule has 2 heterocycles. The average molecular weight is 329 g/mol. The number of aromatic nitrogens is 3. The summed E-state index contributed by atoms with van der Waals surface area (Å²) in [4.78, 5) is 16.5. The molecule has 1 atom stereocenters. The van der Waals surface area contributed by atoms with Gasteiger partial charge in [-0.15, -0.1) is 0 Å². The third-order valence-electron chi connectivity index (χ3n) is 3.81. The molecular weight excluding hydrogens is 312 g/mol. The largest absolute Gasteiger partial charge is 0.348 e. The minimum atomic E-state index is -0.174. The number of aromatic amines is 1. The van der Waals surface area contributed by atoms with Crippen molar-refractivity contribution in [2.24, 2.45) is 0 Å². The van der Waals surface area contributed by atoms with Crippen molar-refractivity contribution in [3.8, 4) is 11.1 Å². The Bertz CT molecular complexity index is 859.